The van der Waals surface area contributed by atoms with Crippen molar-refractivity contribution < 1.29 is 14.3 Å². The third-order valence-corrected chi connectivity index (χ3v) is 1.24. The summed E-state index contributed by atoms with van der Waals surface area (Å²) in [5.41, 5.74) is 0. The van der Waals surface area contributed by atoms with Gasteiger partial charge in [0.25, 0.3) is 0 Å². The first-order valence-corrected chi connectivity index (χ1v) is 3.74. The molecule has 0 aliphatic heterocycles. The number of methoxy groups -OCH3 is 1. The number of carbonyl (C=O) groups is 2. The van der Waals surface area contributed by atoms with Gasteiger partial charge in [0.2, 0.25) is 0 Å². The fraction of sp³-hybridized carbons (Fsp3) is 0.714. The zero-order valence-corrected chi connectivity index (χ0v) is 7.51. The molecule has 0 saturated carbocycles. The quantitative estimate of drug-likeness (QED) is 0.585. The van der Waals surface area contributed by atoms with Crippen LogP contribution < -0.4 is 10.6 Å². The van der Waals surface area contributed by atoms with Gasteiger partial charge in [-0.15, -0.1) is 0 Å². The molecule has 0 spiro atoms. The number of nitrogens with one attached hydrogen (secondary N) is 2. The first-order valence-electron chi connectivity index (χ1n) is 3.74. The van der Waals surface area contributed by atoms with Crippen LogP contribution in [-0.2, 0) is 9.53 Å². The molecule has 0 heterocycles. The summed E-state index contributed by atoms with van der Waals surface area (Å²) >= 11 is 0. The van der Waals surface area contributed by atoms with Crippen molar-refractivity contribution in [2.75, 3.05) is 13.7 Å². The van der Waals surface area contributed by atoms with Gasteiger partial charge in [0.1, 0.15) is 6.04 Å². The molecule has 1 atom stereocenters. The van der Waals surface area contributed by atoms with Gasteiger partial charge in [-0.05, 0) is 13.8 Å². The van der Waals surface area contributed by atoms with Gasteiger partial charge in [-0.25, -0.2) is 9.59 Å². The Balaban J connectivity index is 3.75. The number of carbonyl (C=O) groups excluding carboxylic acids is 2. The third kappa shape index (κ3) is 3.80. The standard InChI is InChI=1S/C7H14N2O3/c1-4-8-7(11)9-5(2)6(10)12-3/h5H,4H2,1-3H3,(H2,8,9,11)/t5-/m0/s1. The largest absolute Gasteiger partial charge is 0.467 e. The molecule has 0 fully saturated rings. The fourth-order valence-corrected chi connectivity index (χ4v) is 0.644. The maximum Gasteiger partial charge on any atom is 0.328 e. The van der Waals surface area contributed by atoms with Crippen molar-refractivity contribution in [1.29, 1.82) is 0 Å². The fourth-order valence-electron chi connectivity index (χ4n) is 0.644. The SMILES string of the molecule is CCNC(=O)N[C@@H](C)C(=O)OC. The third-order valence-electron chi connectivity index (χ3n) is 1.24. The van der Waals surface area contributed by atoms with E-state index in [9.17, 15) is 9.59 Å². The van der Waals surface area contributed by atoms with Gasteiger partial charge in [-0.2, -0.15) is 0 Å². The molecule has 0 bridgehead atoms. The monoisotopic (exact) mass is 174 g/mol. The van der Waals surface area contributed by atoms with Gasteiger partial charge in [0, 0.05) is 6.54 Å². The molecule has 0 radical (unpaired) electrons. The molecule has 0 aliphatic rings. The second-order valence-corrected chi connectivity index (χ2v) is 2.25. The Hall–Kier alpha value is -1.26. The Bertz CT molecular complexity index is 170. The summed E-state index contributed by atoms with van der Waals surface area (Å²) in [5, 5.41) is 4.90. The minimum atomic E-state index is -0.610. The summed E-state index contributed by atoms with van der Waals surface area (Å²) in [6.07, 6.45) is 0. The molecule has 70 valence electrons. The molecule has 0 rings (SSSR count). The van der Waals surface area contributed by atoms with Gasteiger partial charge in [0.15, 0.2) is 0 Å². The van der Waals surface area contributed by atoms with Crippen molar-refractivity contribution in [3.8, 4) is 0 Å². The van der Waals surface area contributed by atoms with Crippen molar-refractivity contribution in [2.45, 2.75) is 19.9 Å². The Morgan fingerprint density at radius 2 is 2.08 bits per heavy atom. The van der Waals surface area contributed by atoms with Crippen LogP contribution in [0.2, 0.25) is 0 Å². The maximum absolute atomic E-state index is 10.8. The van der Waals surface area contributed by atoms with Crippen LogP contribution in [0.4, 0.5) is 4.79 Å². The topological polar surface area (TPSA) is 67.4 Å². The summed E-state index contributed by atoms with van der Waals surface area (Å²) in [6, 6.07) is -0.975. The van der Waals surface area contributed by atoms with Gasteiger partial charge >= 0.3 is 12.0 Å². The molecule has 12 heavy (non-hydrogen) atoms. The van der Waals surface area contributed by atoms with Crippen molar-refractivity contribution in [1.82, 2.24) is 10.6 Å². The summed E-state index contributed by atoms with van der Waals surface area (Å²) in [6.45, 7) is 3.88. The molecule has 0 aromatic heterocycles. The van der Waals surface area contributed by atoms with Crippen LogP contribution in [0.25, 0.3) is 0 Å². The van der Waals surface area contributed by atoms with Crippen LogP contribution in [0.3, 0.4) is 0 Å². The summed E-state index contributed by atoms with van der Waals surface area (Å²) in [7, 11) is 1.28. The highest BCUT2D eigenvalue weighted by atomic mass is 16.5. The lowest BCUT2D eigenvalue weighted by molar-refractivity contribution is -0.142. The average Bonchev–Trinajstić information content (AvgIpc) is 2.03. The highest BCUT2D eigenvalue weighted by molar-refractivity contribution is 5.83. The average molecular weight is 174 g/mol. The molecule has 0 aliphatic carbocycles. The molecular weight excluding hydrogens is 160 g/mol. The van der Waals surface area contributed by atoms with E-state index in [-0.39, 0.29) is 6.03 Å². The lowest BCUT2D eigenvalue weighted by Gasteiger charge is -2.11. The van der Waals surface area contributed by atoms with Crippen LogP contribution in [0, 0.1) is 0 Å². The van der Waals surface area contributed by atoms with Crippen molar-refractivity contribution >= 4 is 12.0 Å². The molecule has 0 aromatic carbocycles. The molecular formula is C7H14N2O3. The summed E-state index contributed by atoms with van der Waals surface area (Å²) in [5.74, 6) is -0.457. The lowest BCUT2D eigenvalue weighted by Crippen LogP contribution is -2.44. The second kappa shape index (κ2) is 5.40. The number of hydrogen-bond acceptors (Lipinski definition) is 3. The zero-order valence-electron chi connectivity index (χ0n) is 7.51. The van der Waals surface area contributed by atoms with E-state index in [1.807, 2.05) is 0 Å². The molecule has 0 saturated heterocycles. The van der Waals surface area contributed by atoms with Crippen LogP contribution >= 0.6 is 0 Å². The summed E-state index contributed by atoms with van der Waals surface area (Å²) in [4.78, 5) is 21.6. The smallest absolute Gasteiger partial charge is 0.328 e. The number of urea groups is 1. The van der Waals surface area contributed by atoms with Crippen LogP contribution in [-0.4, -0.2) is 31.7 Å². The first kappa shape index (κ1) is 10.7. The molecule has 0 aromatic rings. The molecule has 2 N–H and O–H groups in total. The van der Waals surface area contributed by atoms with E-state index in [1.54, 1.807) is 13.8 Å². The normalized spacial score (nSPS) is 11.6. The number of esters is 1. The number of ether oxygens (including phenoxy) is 1. The molecule has 0 unspecified atom stereocenters. The van der Waals surface area contributed by atoms with E-state index < -0.39 is 12.0 Å². The van der Waals surface area contributed by atoms with Gasteiger partial charge in [-0.3, -0.25) is 0 Å². The van der Waals surface area contributed by atoms with Gasteiger partial charge in [-0.1, -0.05) is 0 Å². The Labute approximate surface area is 71.5 Å². The molecule has 5 heteroatoms. The van der Waals surface area contributed by atoms with Crippen LogP contribution in [0.15, 0.2) is 0 Å². The van der Waals surface area contributed by atoms with Crippen molar-refractivity contribution in [3.63, 3.8) is 0 Å². The van der Waals surface area contributed by atoms with Crippen LogP contribution in [0.5, 0.6) is 0 Å². The molecule has 5 nitrogen and oxygen atoms in total. The Morgan fingerprint density at radius 1 is 1.50 bits per heavy atom. The van der Waals surface area contributed by atoms with Crippen LogP contribution in [0.1, 0.15) is 13.8 Å². The highest BCUT2D eigenvalue weighted by Gasteiger charge is 2.14. The van der Waals surface area contributed by atoms with Gasteiger partial charge < -0.3 is 15.4 Å². The van der Waals surface area contributed by atoms with E-state index in [0.717, 1.165) is 0 Å². The number of amides is 2. The predicted molar refractivity (Wildman–Crippen MR) is 43.7 cm³/mol. The van der Waals surface area contributed by atoms with E-state index in [4.69, 9.17) is 0 Å². The zero-order chi connectivity index (χ0) is 9.56. The van der Waals surface area contributed by atoms with Gasteiger partial charge in [0.05, 0.1) is 7.11 Å². The van der Waals surface area contributed by atoms with E-state index in [0.29, 0.717) is 6.54 Å². The van der Waals surface area contributed by atoms with Crippen molar-refractivity contribution in [3.05, 3.63) is 0 Å². The lowest BCUT2D eigenvalue weighted by atomic mass is 10.3. The van der Waals surface area contributed by atoms with E-state index in [1.165, 1.54) is 7.11 Å². The molecule has 2 amide bonds. The number of rotatable bonds is 3. The Morgan fingerprint density at radius 3 is 2.50 bits per heavy atom. The minimum Gasteiger partial charge on any atom is -0.467 e. The first-order chi connectivity index (χ1) is 5.61. The summed E-state index contributed by atoms with van der Waals surface area (Å²) < 4.78 is 4.41. The number of hydrogen-bond donors (Lipinski definition) is 2. The predicted octanol–water partition coefficient (Wildman–Crippen LogP) is -0.133. The highest BCUT2D eigenvalue weighted by Crippen LogP contribution is 1.84. The second-order valence-electron chi connectivity index (χ2n) is 2.25. The Kier molecular flexibility index (Phi) is 4.83. The van der Waals surface area contributed by atoms with Crippen molar-refractivity contribution in [2.24, 2.45) is 0 Å². The van der Waals surface area contributed by atoms with E-state index >= 15 is 0 Å². The van der Waals surface area contributed by atoms with E-state index in [2.05, 4.69) is 15.4 Å². The minimum absolute atomic E-state index is 0.365. The maximum atomic E-state index is 10.8.